The summed E-state index contributed by atoms with van der Waals surface area (Å²) in [7, 11) is -2.17. The van der Waals surface area contributed by atoms with E-state index < -0.39 is 7.32 Å². The fourth-order valence-electron chi connectivity index (χ4n) is 0.216. The number of rotatable bonds is 6. The van der Waals surface area contributed by atoms with Crippen molar-refractivity contribution in [3.05, 3.63) is 0 Å². The summed E-state index contributed by atoms with van der Waals surface area (Å²) in [6.45, 7) is 2.15. The Morgan fingerprint density at radius 3 is 1.38 bits per heavy atom. The van der Waals surface area contributed by atoms with Crippen molar-refractivity contribution >= 4 is 7.32 Å². The van der Waals surface area contributed by atoms with Crippen LogP contribution >= 0.6 is 0 Å². The molecule has 0 aliphatic heterocycles. The Balaban J connectivity index is -0.000000201. The van der Waals surface area contributed by atoms with E-state index in [-0.39, 0.29) is 33.0 Å². The standard InChI is InChI=1S/C4H11NO4.C2H6O.BH3O3/c6-1-3-8-5-9-4-2-7;1-2-3;2-1(3)4/h5-7H,1-4H2;3H,2H2,1H3;2-4H. The topological polar surface area (TPSA) is 152 Å². The Hall–Kier alpha value is -0.295. The van der Waals surface area contributed by atoms with Gasteiger partial charge in [-0.05, 0) is 6.92 Å². The average molecular weight is 245 g/mol. The fourth-order valence-corrected chi connectivity index (χ4v) is 0.216. The van der Waals surface area contributed by atoms with Gasteiger partial charge in [0.1, 0.15) is 0 Å². The van der Waals surface area contributed by atoms with Crippen molar-refractivity contribution in [3.63, 3.8) is 0 Å². The molecule has 10 heteroatoms. The summed E-state index contributed by atoms with van der Waals surface area (Å²) in [5.41, 5.74) is 2.07. The van der Waals surface area contributed by atoms with Crippen molar-refractivity contribution in [1.82, 2.24) is 5.64 Å². The molecule has 0 amide bonds. The zero-order valence-corrected chi connectivity index (χ0v) is 9.11. The first-order valence-corrected chi connectivity index (χ1v) is 4.42. The molecule has 0 aromatic rings. The van der Waals surface area contributed by atoms with Crippen molar-refractivity contribution in [3.8, 4) is 0 Å². The number of nitrogens with one attached hydrogen (secondary N) is 1. The lowest BCUT2D eigenvalue weighted by Crippen LogP contribution is -2.19. The lowest BCUT2D eigenvalue weighted by molar-refractivity contribution is -0.178. The van der Waals surface area contributed by atoms with Crippen LogP contribution in [-0.4, -0.2) is 70.7 Å². The van der Waals surface area contributed by atoms with E-state index in [1.165, 1.54) is 0 Å². The Labute approximate surface area is 94.0 Å². The van der Waals surface area contributed by atoms with E-state index in [2.05, 4.69) is 15.3 Å². The average Bonchev–Trinajstić information content (AvgIpc) is 2.18. The van der Waals surface area contributed by atoms with Gasteiger partial charge in [-0.1, -0.05) is 5.64 Å². The summed E-state index contributed by atoms with van der Waals surface area (Å²) in [6, 6.07) is 0. The van der Waals surface area contributed by atoms with E-state index in [1.54, 1.807) is 6.92 Å². The molecule has 0 aromatic carbocycles. The minimum atomic E-state index is -2.17. The van der Waals surface area contributed by atoms with E-state index in [0.717, 1.165) is 0 Å². The molecule has 0 radical (unpaired) electrons. The van der Waals surface area contributed by atoms with Crippen LogP contribution in [0, 0.1) is 0 Å². The van der Waals surface area contributed by atoms with Crippen LogP contribution in [0.25, 0.3) is 0 Å². The zero-order valence-electron chi connectivity index (χ0n) is 9.11. The van der Waals surface area contributed by atoms with Gasteiger partial charge in [-0.15, -0.1) is 0 Å². The van der Waals surface area contributed by atoms with Crippen molar-refractivity contribution < 1.29 is 40.1 Å². The van der Waals surface area contributed by atoms with Gasteiger partial charge in [0.15, 0.2) is 0 Å². The van der Waals surface area contributed by atoms with Gasteiger partial charge in [0, 0.05) is 6.61 Å². The molecule has 7 N–H and O–H groups in total. The fraction of sp³-hybridized carbons (Fsp3) is 1.00. The van der Waals surface area contributed by atoms with E-state index in [4.69, 9.17) is 30.4 Å². The molecule has 0 saturated carbocycles. The highest BCUT2D eigenvalue weighted by Gasteiger charge is 1.92. The van der Waals surface area contributed by atoms with Crippen LogP contribution in [0.1, 0.15) is 6.92 Å². The third kappa shape index (κ3) is 68.0. The van der Waals surface area contributed by atoms with E-state index >= 15 is 0 Å². The second-order valence-electron chi connectivity index (χ2n) is 1.89. The molecule has 16 heavy (non-hydrogen) atoms. The Bertz CT molecular complexity index is 89.8. The monoisotopic (exact) mass is 245 g/mol. The van der Waals surface area contributed by atoms with Crippen LogP contribution in [0.15, 0.2) is 0 Å². The van der Waals surface area contributed by atoms with E-state index in [9.17, 15) is 0 Å². The van der Waals surface area contributed by atoms with Crippen molar-refractivity contribution in [1.29, 1.82) is 0 Å². The molecule has 0 aromatic heterocycles. The summed E-state index contributed by atoms with van der Waals surface area (Å²) in [6.07, 6.45) is 0. The number of aliphatic hydroxyl groups is 3. The lowest BCUT2D eigenvalue weighted by Gasteiger charge is -2.01. The normalized spacial score (nSPS) is 8.44. The summed E-state index contributed by atoms with van der Waals surface area (Å²) >= 11 is 0. The molecule has 0 aliphatic rings. The van der Waals surface area contributed by atoms with Gasteiger partial charge >= 0.3 is 7.32 Å². The maximum atomic E-state index is 8.15. The Morgan fingerprint density at radius 1 is 0.938 bits per heavy atom. The first kappa shape index (κ1) is 21.0. The van der Waals surface area contributed by atoms with Crippen LogP contribution in [0.4, 0.5) is 0 Å². The van der Waals surface area contributed by atoms with Gasteiger partial charge in [0.05, 0.1) is 26.4 Å². The summed E-state index contributed by atoms with van der Waals surface area (Å²) < 4.78 is 0. The van der Waals surface area contributed by atoms with Crippen molar-refractivity contribution in [2.75, 3.05) is 33.0 Å². The molecular weight excluding hydrogens is 225 g/mol. The maximum absolute atomic E-state index is 8.15. The minimum absolute atomic E-state index is 0.0600. The molecule has 0 unspecified atom stereocenters. The highest BCUT2D eigenvalue weighted by Crippen LogP contribution is 1.67. The largest absolute Gasteiger partial charge is 0.631 e. The molecule has 0 atom stereocenters. The van der Waals surface area contributed by atoms with Crippen LogP contribution in [-0.2, 0) is 9.68 Å². The van der Waals surface area contributed by atoms with Crippen molar-refractivity contribution in [2.45, 2.75) is 6.92 Å². The molecule has 0 heterocycles. The molecule has 0 fully saturated rings. The Kier molecular flexibility index (Phi) is 31.7. The van der Waals surface area contributed by atoms with E-state index in [0.29, 0.717) is 0 Å². The van der Waals surface area contributed by atoms with Gasteiger partial charge in [-0.25, -0.2) is 0 Å². The summed E-state index contributed by atoms with van der Waals surface area (Å²) in [5, 5.41) is 45.4. The highest BCUT2D eigenvalue weighted by atomic mass is 16.9. The molecule has 9 nitrogen and oxygen atoms in total. The molecular formula is C6H20BNO8. The van der Waals surface area contributed by atoms with Crippen LogP contribution in [0.5, 0.6) is 0 Å². The van der Waals surface area contributed by atoms with Gasteiger partial charge in [0.25, 0.3) is 0 Å². The molecule has 0 spiro atoms. The lowest BCUT2D eigenvalue weighted by atomic mass is 10.3. The smallest absolute Gasteiger partial charge is 0.402 e. The summed E-state index contributed by atoms with van der Waals surface area (Å²) in [5.74, 6) is 0. The molecule has 0 bridgehead atoms. The molecule has 0 aliphatic carbocycles. The van der Waals surface area contributed by atoms with Gasteiger partial charge in [-0.2, -0.15) is 0 Å². The maximum Gasteiger partial charge on any atom is 0.631 e. The van der Waals surface area contributed by atoms with Crippen LogP contribution in [0.2, 0.25) is 0 Å². The number of hydrogen-bond acceptors (Lipinski definition) is 9. The van der Waals surface area contributed by atoms with Crippen LogP contribution in [0.3, 0.4) is 0 Å². The third-order valence-corrected chi connectivity index (χ3v) is 0.505. The number of hydrogen-bond donors (Lipinski definition) is 7. The SMILES string of the molecule is CCO.OB(O)O.OCCONOCCO. The predicted octanol–water partition coefficient (Wildman–Crippen LogP) is -3.63. The quantitative estimate of drug-likeness (QED) is 0.143. The molecule has 100 valence electrons. The minimum Gasteiger partial charge on any atom is -0.402 e. The van der Waals surface area contributed by atoms with Gasteiger partial charge in [-0.3, -0.25) is 9.68 Å². The highest BCUT2D eigenvalue weighted by molar-refractivity contribution is 6.30. The second kappa shape index (κ2) is 24.1. The zero-order chi connectivity index (χ0) is 13.2. The van der Waals surface area contributed by atoms with E-state index in [1.807, 2.05) is 0 Å². The molecule has 0 saturated heterocycles. The number of aliphatic hydroxyl groups excluding tert-OH is 3. The van der Waals surface area contributed by atoms with Crippen LogP contribution < -0.4 is 5.64 Å². The predicted molar refractivity (Wildman–Crippen MR) is 54.4 cm³/mol. The molecule has 0 rings (SSSR count). The van der Waals surface area contributed by atoms with Crippen molar-refractivity contribution in [2.24, 2.45) is 0 Å². The van der Waals surface area contributed by atoms with Gasteiger partial charge in [0.2, 0.25) is 0 Å². The second-order valence-corrected chi connectivity index (χ2v) is 1.89. The first-order valence-electron chi connectivity index (χ1n) is 4.42. The Morgan fingerprint density at radius 2 is 1.19 bits per heavy atom. The third-order valence-electron chi connectivity index (χ3n) is 0.505. The van der Waals surface area contributed by atoms with Gasteiger partial charge < -0.3 is 30.4 Å². The first-order chi connectivity index (χ1) is 7.56. The summed E-state index contributed by atoms with van der Waals surface area (Å²) in [4.78, 5) is 8.90.